The Morgan fingerprint density at radius 3 is 2.76 bits per heavy atom. The van der Waals surface area contributed by atoms with Crippen LogP contribution < -0.4 is 13.8 Å². The molecule has 0 saturated carbocycles. The predicted molar refractivity (Wildman–Crippen MR) is 153 cm³/mol. The minimum atomic E-state index is -4.37. The molecule has 0 bridgehead atoms. The average Bonchev–Trinajstić information content (AvgIpc) is 2.94. The van der Waals surface area contributed by atoms with Crippen LogP contribution in [-0.2, 0) is 19.6 Å². The molecule has 0 aliphatic carbocycles. The smallest absolute Gasteiger partial charge is 0.305 e. The lowest BCUT2D eigenvalue weighted by Gasteiger charge is -2.35. The fourth-order valence-electron chi connectivity index (χ4n) is 4.34. The summed E-state index contributed by atoms with van der Waals surface area (Å²) >= 11 is 12.3. The van der Waals surface area contributed by atoms with Crippen molar-refractivity contribution in [1.82, 2.24) is 4.98 Å². The van der Waals surface area contributed by atoms with Gasteiger partial charge in [-0.3, -0.25) is 9.10 Å². The number of rotatable bonds is 10. The van der Waals surface area contributed by atoms with Crippen LogP contribution in [0.2, 0.25) is 10.0 Å². The number of halogens is 3. The van der Waals surface area contributed by atoms with Crippen molar-refractivity contribution in [1.29, 1.82) is 0 Å². The summed E-state index contributed by atoms with van der Waals surface area (Å²) in [6, 6.07) is 10.5. The van der Waals surface area contributed by atoms with Crippen LogP contribution in [0.1, 0.15) is 30.9 Å². The van der Waals surface area contributed by atoms with Gasteiger partial charge in [0.15, 0.2) is 4.90 Å². The van der Waals surface area contributed by atoms with Gasteiger partial charge in [-0.25, -0.2) is 17.8 Å². The Balaban J connectivity index is 1.80. The number of carbonyl (C=O) groups excluding carboxylic acids is 1. The fourth-order valence-corrected chi connectivity index (χ4v) is 6.48. The zero-order valence-corrected chi connectivity index (χ0v) is 24.5. The molecular formula is C28H27Cl2FN2O7S. The van der Waals surface area contributed by atoms with Gasteiger partial charge < -0.3 is 19.3 Å². The van der Waals surface area contributed by atoms with Crippen molar-refractivity contribution in [3.63, 3.8) is 0 Å². The highest BCUT2D eigenvalue weighted by atomic mass is 35.5. The van der Waals surface area contributed by atoms with Crippen LogP contribution in [0.4, 0.5) is 10.1 Å². The molecule has 1 N–H and O–H groups in total. The number of hydrogen-bond acceptors (Lipinski definition) is 8. The summed E-state index contributed by atoms with van der Waals surface area (Å²) in [6.45, 7) is 0.996. The maximum absolute atomic E-state index is 14.5. The van der Waals surface area contributed by atoms with Crippen LogP contribution >= 0.6 is 23.2 Å². The second-order valence-electron chi connectivity index (χ2n) is 9.07. The number of methoxy groups -OCH3 is 1. The molecule has 2 aromatic carbocycles. The molecule has 2 heterocycles. The van der Waals surface area contributed by atoms with Gasteiger partial charge in [-0.2, -0.15) is 0 Å². The van der Waals surface area contributed by atoms with Crippen molar-refractivity contribution in [2.24, 2.45) is 0 Å². The lowest BCUT2D eigenvalue weighted by atomic mass is 10.0. The maximum atomic E-state index is 14.5. The van der Waals surface area contributed by atoms with Gasteiger partial charge in [0.2, 0.25) is 5.88 Å². The van der Waals surface area contributed by atoms with E-state index in [-0.39, 0.29) is 70.4 Å². The summed E-state index contributed by atoms with van der Waals surface area (Å²) in [5.74, 6) is -0.936. The number of aliphatic hydroxyl groups is 1. The summed E-state index contributed by atoms with van der Waals surface area (Å²) in [4.78, 5) is 15.5. The number of ether oxygens (including phenoxy) is 3. The number of esters is 1. The molecule has 1 aliphatic heterocycles. The quantitative estimate of drug-likeness (QED) is 0.236. The standard InChI is InChI=1S/C28H27Cl2FN2O7S/c1-17(27-21(30)4-3-5-22(27)31)12-18-6-8-24-23(13-18)33(16-20(40-24)7-9-26(35)38-2)41(36,37)25-14-19(29)15-32-28(25)39-11-10-34/h3-6,8,12-15,20,34H,7,9-11,16H2,1-2H3/t20-/m0/s1. The predicted octanol–water partition coefficient (Wildman–Crippen LogP) is 5.37. The van der Waals surface area contributed by atoms with Gasteiger partial charge in [0, 0.05) is 18.2 Å². The minimum Gasteiger partial charge on any atom is -0.486 e. The van der Waals surface area contributed by atoms with Crippen LogP contribution in [-0.4, -0.2) is 57.4 Å². The Hall–Kier alpha value is -3.38. The monoisotopic (exact) mass is 624 g/mol. The summed E-state index contributed by atoms with van der Waals surface area (Å²) in [7, 11) is -3.10. The van der Waals surface area contributed by atoms with E-state index >= 15 is 0 Å². The number of pyridine rings is 1. The zero-order chi connectivity index (χ0) is 29.7. The first-order valence-corrected chi connectivity index (χ1v) is 14.7. The van der Waals surface area contributed by atoms with E-state index in [9.17, 15) is 22.7 Å². The number of hydrogen-bond donors (Lipinski definition) is 1. The fraction of sp³-hybridized carbons (Fsp3) is 0.286. The highest BCUT2D eigenvalue weighted by molar-refractivity contribution is 7.93. The van der Waals surface area contributed by atoms with E-state index in [1.807, 2.05) is 0 Å². The molecule has 4 rings (SSSR count). The number of anilines is 1. The van der Waals surface area contributed by atoms with Gasteiger partial charge in [-0.15, -0.1) is 0 Å². The molecule has 1 aromatic heterocycles. The van der Waals surface area contributed by atoms with E-state index in [2.05, 4.69) is 4.98 Å². The third-order valence-corrected chi connectivity index (χ3v) is 8.53. The average molecular weight is 626 g/mol. The molecule has 1 atom stereocenters. The maximum Gasteiger partial charge on any atom is 0.305 e. The SMILES string of the molecule is COC(=O)CC[C@H]1CN(S(=O)(=O)c2cc(Cl)cnc2OCCO)c2cc(C=C(C)c3c(F)cccc3Cl)ccc2O1. The topological polar surface area (TPSA) is 115 Å². The lowest BCUT2D eigenvalue weighted by Crippen LogP contribution is -2.44. The Bertz CT molecular complexity index is 1560. The first kappa shape index (κ1) is 30.6. The highest BCUT2D eigenvalue weighted by Gasteiger charge is 2.37. The third kappa shape index (κ3) is 6.92. The molecule has 0 amide bonds. The Kier molecular flexibility index (Phi) is 9.75. The molecule has 13 heteroatoms. The van der Waals surface area contributed by atoms with Crippen molar-refractivity contribution in [3.05, 3.63) is 75.7 Å². The van der Waals surface area contributed by atoms with Crippen molar-refractivity contribution in [3.8, 4) is 11.6 Å². The summed E-state index contributed by atoms with van der Waals surface area (Å²) < 4.78 is 60.1. The van der Waals surface area contributed by atoms with E-state index in [0.717, 1.165) is 4.31 Å². The molecule has 0 fully saturated rings. The number of aliphatic hydroxyl groups excluding tert-OH is 1. The molecule has 218 valence electrons. The van der Waals surface area contributed by atoms with Gasteiger partial charge in [0.25, 0.3) is 10.0 Å². The number of allylic oxidation sites excluding steroid dienone is 1. The molecule has 9 nitrogen and oxygen atoms in total. The number of carbonyl (C=O) groups is 1. The first-order valence-electron chi connectivity index (χ1n) is 12.5. The Morgan fingerprint density at radius 2 is 2.05 bits per heavy atom. The largest absolute Gasteiger partial charge is 0.486 e. The van der Waals surface area contributed by atoms with E-state index in [1.54, 1.807) is 37.3 Å². The van der Waals surface area contributed by atoms with E-state index < -0.39 is 27.9 Å². The van der Waals surface area contributed by atoms with Crippen LogP contribution in [0.15, 0.2) is 53.6 Å². The van der Waals surface area contributed by atoms with Crippen molar-refractivity contribution >= 4 is 56.5 Å². The van der Waals surface area contributed by atoms with E-state index in [4.69, 9.17) is 37.4 Å². The number of aromatic nitrogens is 1. The van der Waals surface area contributed by atoms with E-state index in [0.29, 0.717) is 11.1 Å². The van der Waals surface area contributed by atoms with Gasteiger partial charge >= 0.3 is 5.97 Å². The van der Waals surface area contributed by atoms with E-state index in [1.165, 1.54) is 31.5 Å². The molecule has 0 spiro atoms. The zero-order valence-electron chi connectivity index (χ0n) is 22.1. The second-order valence-corrected chi connectivity index (χ2v) is 11.7. The highest BCUT2D eigenvalue weighted by Crippen LogP contribution is 2.41. The molecule has 0 saturated heterocycles. The van der Waals surface area contributed by atoms with Crippen LogP contribution in [0.5, 0.6) is 11.6 Å². The van der Waals surface area contributed by atoms with Gasteiger partial charge in [0.05, 0.1) is 36.0 Å². The second kappa shape index (κ2) is 13.1. The summed E-state index contributed by atoms with van der Waals surface area (Å²) in [5.41, 5.74) is 1.51. The van der Waals surface area contributed by atoms with Crippen LogP contribution in [0.3, 0.4) is 0 Å². The van der Waals surface area contributed by atoms with Gasteiger partial charge in [-0.05, 0) is 54.8 Å². The van der Waals surface area contributed by atoms with Crippen molar-refractivity contribution in [2.45, 2.75) is 30.8 Å². The van der Waals surface area contributed by atoms with Crippen molar-refractivity contribution < 1.29 is 36.9 Å². The normalized spacial score (nSPS) is 15.2. The summed E-state index contributed by atoms with van der Waals surface area (Å²) in [5, 5.41) is 9.50. The third-order valence-electron chi connectivity index (χ3n) is 6.24. The molecule has 41 heavy (non-hydrogen) atoms. The number of sulfonamides is 1. The van der Waals surface area contributed by atoms with Crippen LogP contribution in [0.25, 0.3) is 11.6 Å². The van der Waals surface area contributed by atoms with Gasteiger partial charge in [0.1, 0.15) is 24.3 Å². The number of fused-ring (bicyclic) bond motifs is 1. The molecule has 3 aromatic rings. The van der Waals surface area contributed by atoms with Crippen LogP contribution in [0, 0.1) is 5.82 Å². The number of benzene rings is 2. The molecule has 0 unspecified atom stereocenters. The first-order chi connectivity index (χ1) is 19.5. The van der Waals surface area contributed by atoms with Gasteiger partial charge in [-0.1, -0.05) is 41.4 Å². The minimum absolute atomic E-state index is 0.0113. The lowest BCUT2D eigenvalue weighted by molar-refractivity contribution is -0.141. The number of nitrogens with zero attached hydrogens (tertiary/aromatic N) is 2. The molecular weight excluding hydrogens is 598 g/mol. The van der Waals surface area contributed by atoms with Crippen molar-refractivity contribution in [2.75, 3.05) is 31.2 Å². The Morgan fingerprint density at radius 1 is 1.27 bits per heavy atom. The molecule has 1 aliphatic rings. The summed E-state index contributed by atoms with van der Waals surface area (Å²) in [6.07, 6.45) is 2.42. The molecule has 0 radical (unpaired) electrons. The Labute approximate surface area is 247 Å².